The van der Waals surface area contributed by atoms with Crippen LogP contribution in [0.15, 0.2) is 24.3 Å². The third-order valence-corrected chi connectivity index (χ3v) is 4.49. The summed E-state index contributed by atoms with van der Waals surface area (Å²) in [6.45, 7) is 1.89. The highest BCUT2D eigenvalue weighted by atomic mass is 19.3. The molecule has 1 heterocycles. The molecular weight excluding hydrogens is 318 g/mol. The number of hydrogen-bond acceptors (Lipinski definition) is 4. The van der Waals surface area contributed by atoms with Gasteiger partial charge in [-0.2, -0.15) is 8.78 Å². The summed E-state index contributed by atoms with van der Waals surface area (Å²) in [6.07, 6.45) is 0. The van der Waals surface area contributed by atoms with Gasteiger partial charge in [0.15, 0.2) is 0 Å². The van der Waals surface area contributed by atoms with Crippen LogP contribution in [0.5, 0.6) is 5.75 Å². The maximum Gasteiger partial charge on any atom is 0.387 e. The summed E-state index contributed by atoms with van der Waals surface area (Å²) in [5.74, 6) is -0.0290. The summed E-state index contributed by atoms with van der Waals surface area (Å²) in [5.41, 5.74) is 0.314. The van der Waals surface area contributed by atoms with Gasteiger partial charge in [0.1, 0.15) is 5.75 Å². The van der Waals surface area contributed by atoms with Gasteiger partial charge in [-0.3, -0.25) is 4.79 Å². The molecule has 1 aliphatic heterocycles. The Balaban J connectivity index is 2.07. The van der Waals surface area contributed by atoms with Gasteiger partial charge >= 0.3 is 6.61 Å². The predicted molar refractivity (Wildman–Crippen MR) is 86.2 cm³/mol. The number of alkyl halides is 2. The number of aliphatic hydroxyl groups excluding tert-OH is 1. The molecule has 2 atom stereocenters. The van der Waals surface area contributed by atoms with E-state index in [2.05, 4.69) is 16.6 Å². The molecule has 0 spiro atoms. The first-order valence-corrected chi connectivity index (χ1v) is 8.08. The molecule has 1 aromatic carbocycles. The van der Waals surface area contributed by atoms with Gasteiger partial charge in [0, 0.05) is 37.7 Å². The van der Waals surface area contributed by atoms with Crippen LogP contribution >= 0.6 is 0 Å². The molecular formula is C17H24F2N2O3. The Morgan fingerprint density at radius 2 is 2.12 bits per heavy atom. The van der Waals surface area contributed by atoms with Gasteiger partial charge in [0.2, 0.25) is 0 Å². The van der Waals surface area contributed by atoms with Crippen molar-refractivity contribution in [2.75, 3.05) is 39.8 Å². The van der Waals surface area contributed by atoms with Crippen molar-refractivity contribution in [3.05, 3.63) is 29.8 Å². The lowest BCUT2D eigenvalue weighted by atomic mass is 9.96. The smallest absolute Gasteiger partial charge is 0.387 e. The molecule has 0 aliphatic carbocycles. The highest BCUT2D eigenvalue weighted by Gasteiger charge is 2.35. The Labute approximate surface area is 140 Å². The zero-order valence-electron chi connectivity index (χ0n) is 14.0. The Bertz CT molecular complexity index is 556. The fourth-order valence-electron chi connectivity index (χ4n) is 3.04. The average molecular weight is 342 g/mol. The van der Waals surface area contributed by atoms with Crippen LogP contribution in [0.2, 0.25) is 0 Å². The van der Waals surface area contributed by atoms with E-state index in [4.69, 9.17) is 0 Å². The summed E-state index contributed by atoms with van der Waals surface area (Å²) in [7, 11) is 2.00. The van der Waals surface area contributed by atoms with Crippen molar-refractivity contribution in [1.29, 1.82) is 0 Å². The average Bonchev–Trinajstić information content (AvgIpc) is 2.96. The maximum absolute atomic E-state index is 12.6. The number of carbonyl (C=O) groups is 1. The summed E-state index contributed by atoms with van der Waals surface area (Å²) >= 11 is 0. The van der Waals surface area contributed by atoms with E-state index in [1.807, 2.05) is 7.05 Å². The Morgan fingerprint density at radius 1 is 1.42 bits per heavy atom. The molecule has 2 rings (SSSR count). The molecule has 0 unspecified atom stereocenters. The number of carbonyl (C=O) groups excluding carboxylic acids is 1. The lowest BCUT2D eigenvalue weighted by Gasteiger charge is -2.22. The van der Waals surface area contributed by atoms with E-state index in [1.165, 1.54) is 18.2 Å². The Hall–Kier alpha value is -1.73. The first kappa shape index (κ1) is 18.6. The largest absolute Gasteiger partial charge is 0.435 e. The van der Waals surface area contributed by atoms with Crippen LogP contribution in [0.4, 0.5) is 8.78 Å². The van der Waals surface area contributed by atoms with E-state index < -0.39 is 6.61 Å². The van der Waals surface area contributed by atoms with Crippen molar-refractivity contribution in [1.82, 2.24) is 9.80 Å². The Morgan fingerprint density at radius 3 is 2.75 bits per heavy atom. The highest BCUT2D eigenvalue weighted by molar-refractivity contribution is 5.94. The predicted octanol–water partition coefficient (Wildman–Crippen LogP) is 1.92. The number of nitrogens with zero attached hydrogens (tertiary/aromatic N) is 2. The van der Waals surface area contributed by atoms with Crippen LogP contribution in [0.1, 0.15) is 17.3 Å². The lowest BCUT2D eigenvalue weighted by Crippen LogP contribution is -2.32. The van der Waals surface area contributed by atoms with Crippen LogP contribution < -0.4 is 4.74 Å². The summed E-state index contributed by atoms with van der Waals surface area (Å²) in [5, 5.41) is 9.58. The minimum Gasteiger partial charge on any atom is -0.435 e. The summed E-state index contributed by atoms with van der Waals surface area (Å²) < 4.78 is 29.0. The number of aliphatic hydroxyl groups is 1. The second-order valence-electron chi connectivity index (χ2n) is 6.17. The van der Waals surface area contributed by atoms with E-state index in [-0.39, 0.29) is 30.1 Å². The van der Waals surface area contributed by atoms with Crippen LogP contribution in [0, 0.1) is 11.8 Å². The molecule has 1 amide bonds. The normalized spacial score (nSPS) is 20.9. The van der Waals surface area contributed by atoms with E-state index in [9.17, 15) is 18.7 Å². The van der Waals surface area contributed by atoms with E-state index in [0.29, 0.717) is 18.7 Å². The van der Waals surface area contributed by atoms with E-state index in [0.717, 1.165) is 13.1 Å². The van der Waals surface area contributed by atoms with Crippen LogP contribution in [-0.2, 0) is 0 Å². The molecule has 24 heavy (non-hydrogen) atoms. The minimum absolute atomic E-state index is 0.0283. The van der Waals surface area contributed by atoms with Crippen molar-refractivity contribution in [3.8, 4) is 5.75 Å². The number of hydrogen-bond donors (Lipinski definition) is 1. The number of halogens is 2. The van der Waals surface area contributed by atoms with Gasteiger partial charge in [-0.25, -0.2) is 0 Å². The quantitative estimate of drug-likeness (QED) is 0.823. The number of amides is 1. The number of ether oxygens (including phenoxy) is 1. The first-order chi connectivity index (χ1) is 11.4. The van der Waals surface area contributed by atoms with Crippen molar-refractivity contribution in [2.24, 2.45) is 11.8 Å². The maximum atomic E-state index is 12.6. The molecule has 1 aliphatic rings. The molecule has 0 aromatic heterocycles. The lowest BCUT2D eigenvalue weighted by molar-refractivity contribution is -0.0499. The molecule has 1 fully saturated rings. The fourth-order valence-corrected chi connectivity index (χ4v) is 3.04. The number of likely N-dealkylation sites (tertiary alicyclic amines) is 1. The van der Waals surface area contributed by atoms with Crippen LogP contribution in [0.3, 0.4) is 0 Å². The first-order valence-electron chi connectivity index (χ1n) is 8.08. The molecule has 134 valence electrons. The summed E-state index contributed by atoms with van der Waals surface area (Å²) in [6, 6.07) is 5.82. The van der Waals surface area contributed by atoms with Gasteiger partial charge in [-0.05, 0) is 37.7 Å². The second-order valence-corrected chi connectivity index (χ2v) is 6.17. The zero-order chi connectivity index (χ0) is 17.7. The topological polar surface area (TPSA) is 53.0 Å². The molecule has 1 N–H and O–H groups in total. The SMILES string of the molecule is CCN(C)C[C@@H]1CN(C(=O)c2cccc(OC(F)F)c2)C[C@@H]1CO. The molecule has 7 heteroatoms. The third-order valence-electron chi connectivity index (χ3n) is 4.49. The van der Waals surface area contributed by atoms with E-state index in [1.54, 1.807) is 11.0 Å². The van der Waals surface area contributed by atoms with Gasteiger partial charge in [-0.1, -0.05) is 13.0 Å². The van der Waals surface area contributed by atoms with Crippen LogP contribution in [0.25, 0.3) is 0 Å². The molecule has 0 bridgehead atoms. The summed E-state index contributed by atoms with van der Waals surface area (Å²) in [4.78, 5) is 16.5. The molecule has 1 saturated heterocycles. The third kappa shape index (κ3) is 4.64. The molecule has 0 radical (unpaired) electrons. The fraction of sp³-hybridized carbons (Fsp3) is 0.588. The highest BCUT2D eigenvalue weighted by Crippen LogP contribution is 2.26. The zero-order valence-corrected chi connectivity index (χ0v) is 14.0. The molecule has 5 nitrogen and oxygen atoms in total. The van der Waals surface area contributed by atoms with Crippen LogP contribution in [-0.4, -0.2) is 67.3 Å². The van der Waals surface area contributed by atoms with Crippen molar-refractivity contribution >= 4 is 5.91 Å². The van der Waals surface area contributed by atoms with Gasteiger partial charge in [0.05, 0.1) is 0 Å². The number of benzene rings is 1. The minimum atomic E-state index is -2.92. The van der Waals surface area contributed by atoms with Gasteiger partial charge < -0.3 is 19.6 Å². The second kappa shape index (κ2) is 8.39. The van der Waals surface area contributed by atoms with Crippen molar-refractivity contribution in [3.63, 3.8) is 0 Å². The molecule has 1 aromatic rings. The van der Waals surface area contributed by atoms with Gasteiger partial charge in [0.25, 0.3) is 5.91 Å². The number of rotatable bonds is 7. The standard InChI is InChI=1S/C17H24F2N2O3/c1-3-20(2)8-13-9-21(10-14(13)11-22)16(23)12-5-4-6-15(7-12)24-17(18)19/h4-7,13-14,17,22H,3,8-11H2,1-2H3/t13-,14-/m1/s1. The van der Waals surface area contributed by atoms with Crippen molar-refractivity contribution in [2.45, 2.75) is 13.5 Å². The van der Waals surface area contributed by atoms with Gasteiger partial charge in [-0.15, -0.1) is 0 Å². The Kier molecular flexibility index (Phi) is 6.51. The monoisotopic (exact) mass is 342 g/mol. The van der Waals surface area contributed by atoms with E-state index >= 15 is 0 Å². The molecule has 0 saturated carbocycles. The van der Waals surface area contributed by atoms with Crippen molar-refractivity contribution < 1.29 is 23.4 Å².